The Morgan fingerprint density at radius 3 is 2.06 bits per heavy atom. The number of carbonyl (C=O) groups is 3. The zero-order valence-electron chi connectivity index (χ0n) is 46.3. The zero-order valence-corrected chi connectivity index (χ0v) is 46.3. The summed E-state index contributed by atoms with van der Waals surface area (Å²) < 4.78 is 106. The molecule has 0 saturated carbocycles. The highest BCUT2D eigenvalue weighted by atomic mass is 19.3. The first-order valence-corrected chi connectivity index (χ1v) is 28.5. The first-order valence-electron chi connectivity index (χ1n) is 28.5. The fourth-order valence-electron chi connectivity index (χ4n) is 11.8. The minimum absolute atomic E-state index is 0.00321. The maximum atomic E-state index is 15.9. The number of likely N-dealkylation sites (N-methyl/N-ethyl adjacent to an activating group) is 1. The van der Waals surface area contributed by atoms with Gasteiger partial charge in [0.15, 0.2) is 11.6 Å². The SMILES string of the molecule is CN1CCN(c2ccc3c(c2)CC(c2ccc4c(c2)CC(c2ccc(OCCCCC(=O)CCCOCCCC(=O)c5ccc(C(=O)O)c(-c6c7cc(F)c(=[N+]8CC(F)(F)C8)cc-7oc7cc(N8CC(F)(F)C8)c(F)cc67)c5)cc2)=N4)=N3)CC1. The van der Waals surface area contributed by atoms with Crippen LogP contribution in [0.5, 0.6) is 5.75 Å². The van der Waals surface area contributed by atoms with Crippen LogP contribution in [0.25, 0.3) is 33.4 Å². The number of fused-ring (bicyclic) bond motifs is 4. The molecule has 19 heteroatoms. The molecular formula is C65H61F6N6O7+. The van der Waals surface area contributed by atoms with Crippen LogP contribution in [0.1, 0.15) is 87.9 Å². The summed E-state index contributed by atoms with van der Waals surface area (Å²) in [4.78, 5) is 55.0. The van der Waals surface area contributed by atoms with Crippen LogP contribution in [-0.2, 0) is 22.4 Å². The number of halogens is 6. The Kier molecular flexibility index (Phi) is 15.5. The molecule has 0 bridgehead atoms. The van der Waals surface area contributed by atoms with Crippen LogP contribution in [0, 0.1) is 11.6 Å². The predicted molar refractivity (Wildman–Crippen MR) is 309 cm³/mol. The molecule has 3 saturated heterocycles. The van der Waals surface area contributed by atoms with Crippen LogP contribution in [0.15, 0.2) is 118 Å². The van der Waals surface area contributed by atoms with E-state index < -0.39 is 55.6 Å². The number of Topliss-reactive ketones (excluding diaryl/α,β-unsaturated/α-hetero) is 2. The molecule has 84 heavy (non-hydrogen) atoms. The van der Waals surface area contributed by atoms with Crippen LogP contribution in [-0.4, -0.2) is 130 Å². The van der Waals surface area contributed by atoms with Gasteiger partial charge in [-0.15, -0.1) is 0 Å². The third kappa shape index (κ3) is 12.0. The normalized spacial score (nSPS) is 17.0. The average Bonchev–Trinajstić information content (AvgIpc) is 1.46. The molecule has 13 nitrogen and oxygen atoms in total. The van der Waals surface area contributed by atoms with Crippen molar-refractivity contribution in [2.75, 3.05) is 89.0 Å². The van der Waals surface area contributed by atoms with Crippen molar-refractivity contribution in [1.29, 1.82) is 0 Å². The fourth-order valence-corrected chi connectivity index (χ4v) is 11.8. The van der Waals surface area contributed by atoms with E-state index in [-0.39, 0.29) is 80.2 Å². The van der Waals surface area contributed by atoms with E-state index in [0.29, 0.717) is 51.7 Å². The van der Waals surface area contributed by atoms with E-state index in [1.165, 1.54) is 47.1 Å². The van der Waals surface area contributed by atoms with Gasteiger partial charge < -0.3 is 33.7 Å². The summed E-state index contributed by atoms with van der Waals surface area (Å²) in [5.74, 6) is -8.97. The second-order valence-electron chi connectivity index (χ2n) is 22.6. The lowest BCUT2D eigenvalue weighted by molar-refractivity contribution is -0.119. The first kappa shape index (κ1) is 56.3. The van der Waals surface area contributed by atoms with Crippen LogP contribution in [0.2, 0.25) is 0 Å². The van der Waals surface area contributed by atoms with Crippen LogP contribution < -0.4 is 24.5 Å². The van der Waals surface area contributed by atoms with Crippen molar-refractivity contribution in [3.8, 4) is 28.2 Å². The standard InChI is InChI=1S/C65H60F6N6O7/c1-74-19-21-75(22-20-74)44-13-18-54-43(27-44)30-56(73-54)40-12-17-53-42(26-40)29-55(72-53)39-9-14-46(15-10-39)83-25-3-2-6-45(78)7-4-23-82-24-5-8-59(79)41-11-16-47(63(80)81)48(28-41)62-49-31-51(66)57(76-35-64(68,69)36-76)33-60(49)84-61-34-58(52(67)32-50(61)62)77-37-65(70,71)38-77/h9-18,26-28,31-34H,2-8,19-25,29-30,35-38H2,1H3/p+1. The molecule has 6 heterocycles. The zero-order chi connectivity index (χ0) is 58.4. The van der Waals surface area contributed by atoms with E-state index in [4.69, 9.17) is 23.9 Å². The molecule has 3 fully saturated rings. The number of hydrogen-bond acceptors (Lipinski definition) is 11. The van der Waals surface area contributed by atoms with Crippen molar-refractivity contribution in [3.63, 3.8) is 0 Å². The second kappa shape index (κ2) is 23.1. The number of hydrogen-bond donors (Lipinski definition) is 1. The topological polar surface area (TPSA) is 140 Å². The van der Waals surface area contributed by atoms with E-state index in [9.17, 15) is 37.1 Å². The Labute approximate surface area is 480 Å². The molecule has 12 rings (SSSR count). The van der Waals surface area contributed by atoms with E-state index in [1.807, 2.05) is 24.3 Å². The van der Waals surface area contributed by atoms with E-state index >= 15 is 8.78 Å². The van der Waals surface area contributed by atoms with Crippen molar-refractivity contribution >= 4 is 62.7 Å². The number of benzene rings is 6. The molecule has 0 aromatic heterocycles. The van der Waals surface area contributed by atoms with Gasteiger partial charge in [0.1, 0.15) is 28.7 Å². The van der Waals surface area contributed by atoms with Crippen molar-refractivity contribution < 1.29 is 59.7 Å². The monoisotopic (exact) mass is 1150 g/mol. The molecule has 1 aliphatic carbocycles. The molecule has 0 radical (unpaired) electrons. The molecule has 0 unspecified atom stereocenters. The van der Waals surface area contributed by atoms with Gasteiger partial charge in [-0.3, -0.25) is 19.6 Å². The molecule has 7 aliphatic rings. The molecular weight excluding hydrogens is 1090 g/mol. The Balaban J connectivity index is 0.584. The van der Waals surface area contributed by atoms with Crippen molar-refractivity contribution in [2.45, 2.75) is 69.6 Å². The summed E-state index contributed by atoms with van der Waals surface area (Å²) in [6, 6.07) is 29.3. The summed E-state index contributed by atoms with van der Waals surface area (Å²) in [5, 5.41) is 10.1. The number of rotatable bonds is 21. The van der Waals surface area contributed by atoms with E-state index in [1.54, 1.807) is 0 Å². The van der Waals surface area contributed by atoms with Gasteiger partial charge in [0.25, 0.3) is 5.92 Å². The van der Waals surface area contributed by atoms with Gasteiger partial charge in [-0.1, -0.05) is 12.1 Å². The summed E-state index contributed by atoms with van der Waals surface area (Å²) in [6.45, 7) is 2.14. The number of nitrogens with zero attached hydrogens (tertiary/aromatic N) is 6. The lowest BCUT2D eigenvalue weighted by Crippen LogP contribution is -2.58. The van der Waals surface area contributed by atoms with Gasteiger partial charge in [0.2, 0.25) is 18.4 Å². The quantitative estimate of drug-likeness (QED) is 0.0243. The summed E-state index contributed by atoms with van der Waals surface area (Å²) in [7, 11) is 2.17. The summed E-state index contributed by atoms with van der Waals surface area (Å²) in [6.07, 6.45) is 4.47. The Morgan fingerprint density at radius 1 is 0.667 bits per heavy atom. The van der Waals surface area contributed by atoms with Crippen LogP contribution >= 0.6 is 0 Å². The molecule has 434 valence electrons. The second-order valence-corrected chi connectivity index (χ2v) is 22.6. The van der Waals surface area contributed by atoms with Gasteiger partial charge in [0.05, 0.1) is 59.8 Å². The van der Waals surface area contributed by atoms with Crippen LogP contribution in [0.3, 0.4) is 0 Å². The highest BCUT2D eigenvalue weighted by Gasteiger charge is 2.50. The van der Waals surface area contributed by atoms with Crippen molar-refractivity contribution in [2.24, 2.45) is 9.98 Å². The third-order valence-electron chi connectivity index (χ3n) is 16.4. The van der Waals surface area contributed by atoms with Gasteiger partial charge in [-0.05, 0) is 139 Å². The van der Waals surface area contributed by atoms with E-state index in [2.05, 4.69) is 53.2 Å². The number of alkyl halides is 4. The maximum Gasteiger partial charge on any atom is 0.361 e. The molecule has 0 spiro atoms. The van der Waals surface area contributed by atoms with Crippen molar-refractivity contribution in [3.05, 3.63) is 154 Å². The number of anilines is 2. The Morgan fingerprint density at radius 2 is 1.35 bits per heavy atom. The number of ether oxygens (including phenoxy) is 2. The molecule has 0 atom stereocenters. The largest absolute Gasteiger partial charge is 0.494 e. The molecule has 0 amide bonds. The number of aliphatic imine (C=N–C) groups is 2. The predicted octanol–water partition coefficient (Wildman–Crippen LogP) is 11.7. The Hall–Kier alpha value is -8.16. The van der Waals surface area contributed by atoms with Gasteiger partial charge in [-0.2, -0.15) is 13.2 Å². The van der Waals surface area contributed by atoms with Gasteiger partial charge in [0, 0.05) is 105 Å². The van der Waals surface area contributed by atoms with Gasteiger partial charge in [-0.25, -0.2) is 22.5 Å². The summed E-state index contributed by atoms with van der Waals surface area (Å²) >= 11 is 0. The van der Waals surface area contributed by atoms with Gasteiger partial charge >= 0.3 is 11.9 Å². The molecule has 5 aromatic rings. The maximum absolute atomic E-state index is 15.9. The number of carboxylic acids is 1. The lowest BCUT2D eigenvalue weighted by Gasteiger charge is -2.40. The fraction of sp³-hybridized carbons (Fsp3) is 0.354. The number of carboxylic acid groups (broad SMARTS) is 1. The first-order chi connectivity index (χ1) is 40.4. The van der Waals surface area contributed by atoms with Crippen LogP contribution in [0.4, 0.5) is 49.1 Å². The molecule has 1 N–H and O–H groups in total. The number of piperazine rings is 1. The number of carbonyl (C=O) groups excluding carboxylic acids is 2. The number of aromatic carboxylic acids is 1. The number of unbranched alkanes of at least 4 members (excludes halogenated alkanes) is 1. The lowest BCUT2D eigenvalue weighted by atomic mass is 9.88. The van der Waals surface area contributed by atoms with Crippen molar-refractivity contribution in [1.82, 2.24) is 9.48 Å². The molecule has 5 aromatic carbocycles. The minimum atomic E-state index is -3.04. The number of ketones is 2. The molecule has 6 aliphatic heterocycles. The summed E-state index contributed by atoms with van der Waals surface area (Å²) in [5.41, 5.74) is 9.34. The highest BCUT2D eigenvalue weighted by Crippen LogP contribution is 2.45. The van der Waals surface area contributed by atoms with E-state index in [0.717, 1.165) is 100 Å². The average molecular weight is 1150 g/mol. The highest BCUT2D eigenvalue weighted by molar-refractivity contribution is 6.11. The third-order valence-corrected chi connectivity index (χ3v) is 16.4. The smallest absolute Gasteiger partial charge is 0.361 e. The Bertz CT molecular complexity index is 3850. The minimum Gasteiger partial charge on any atom is -0.494 e.